The number of hydrogen-bond acceptors (Lipinski definition) is 7. The molecule has 4 aromatic rings. The second-order valence-corrected chi connectivity index (χ2v) is 11.2. The van der Waals surface area contributed by atoms with Gasteiger partial charge in [0.1, 0.15) is 23.1 Å². The van der Waals surface area contributed by atoms with Crippen molar-refractivity contribution in [3.63, 3.8) is 0 Å². The van der Waals surface area contributed by atoms with Crippen molar-refractivity contribution < 1.29 is 42.5 Å². The normalized spacial score (nSPS) is 12.0. The highest BCUT2D eigenvalue weighted by Gasteiger charge is 2.27. The van der Waals surface area contributed by atoms with Gasteiger partial charge in [0.2, 0.25) is 15.9 Å². The van der Waals surface area contributed by atoms with E-state index in [1.165, 1.54) is 30.3 Å². The molecule has 0 saturated heterocycles. The average molecular weight is 610 g/mol. The first-order valence-corrected chi connectivity index (χ1v) is 14.8. The number of carbonyl (C=O) groups is 3. The van der Waals surface area contributed by atoms with Gasteiger partial charge in [-0.05, 0) is 67.3 Å². The minimum absolute atomic E-state index is 0.0401. The molecule has 43 heavy (non-hydrogen) atoms. The maximum atomic E-state index is 13.4. The minimum atomic E-state index is -4.12. The predicted octanol–water partition coefficient (Wildman–Crippen LogP) is 2.98. The number of nitrogens with one attached hydrogen (secondary N) is 3. The molecule has 1 atom stereocenters. The minimum Gasteiger partial charge on any atom is -0.494 e. The van der Waals surface area contributed by atoms with Crippen molar-refractivity contribution in [3.05, 3.63) is 89.6 Å². The SMILES string of the molecule is CCOc1ccc2c(CCNC(=O)[C@H](Cc3ccc(OCC(=O)O)c(C(=O)O)c3)NS(=O)(=O)c3ccccc3)c[nH]c2c1. The second kappa shape index (κ2) is 13.9. The van der Waals surface area contributed by atoms with E-state index in [0.717, 1.165) is 22.2 Å². The van der Waals surface area contributed by atoms with Crippen LogP contribution in [-0.4, -0.2) is 67.3 Å². The van der Waals surface area contributed by atoms with Crippen molar-refractivity contribution in [2.75, 3.05) is 19.8 Å². The zero-order valence-electron chi connectivity index (χ0n) is 23.2. The quantitative estimate of drug-likeness (QED) is 0.135. The van der Waals surface area contributed by atoms with Crippen LogP contribution in [-0.2, 0) is 32.5 Å². The van der Waals surface area contributed by atoms with Gasteiger partial charge >= 0.3 is 11.9 Å². The summed E-state index contributed by atoms with van der Waals surface area (Å²) in [6.07, 6.45) is 2.10. The molecule has 12 nitrogen and oxygen atoms in total. The second-order valence-electron chi connectivity index (χ2n) is 9.50. The van der Waals surface area contributed by atoms with E-state index in [2.05, 4.69) is 15.0 Å². The number of H-pyrrole nitrogens is 1. The zero-order valence-corrected chi connectivity index (χ0v) is 24.0. The predicted molar refractivity (Wildman–Crippen MR) is 157 cm³/mol. The number of sulfonamides is 1. The van der Waals surface area contributed by atoms with Crippen molar-refractivity contribution in [3.8, 4) is 11.5 Å². The monoisotopic (exact) mass is 609 g/mol. The number of aromatic nitrogens is 1. The number of hydrogen-bond donors (Lipinski definition) is 5. The van der Waals surface area contributed by atoms with E-state index in [4.69, 9.17) is 14.6 Å². The summed E-state index contributed by atoms with van der Waals surface area (Å²) in [6, 6.07) is 15.9. The summed E-state index contributed by atoms with van der Waals surface area (Å²) in [6.45, 7) is 1.90. The lowest BCUT2D eigenvalue weighted by Crippen LogP contribution is -2.48. The molecule has 0 radical (unpaired) electrons. The molecule has 5 N–H and O–H groups in total. The Balaban J connectivity index is 1.53. The highest BCUT2D eigenvalue weighted by molar-refractivity contribution is 7.89. The molecule has 0 aliphatic rings. The molecule has 1 amide bonds. The number of carboxylic acids is 2. The van der Waals surface area contributed by atoms with Crippen LogP contribution in [0.15, 0.2) is 77.8 Å². The first kappa shape index (κ1) is 31.1. The first-order valence-electron chi connectivity index (χ1n) is 13.4. The number of benzene rings is 3. The molecule has 0 saturated carbocycles. The Kier molecular flexibility index (Phi) is 10.0. The number of aromatic amines is 1. The number of carbonyl (C=O) groups excluding carboxylic acids is 1. The lowest BCUT2D eigenvalue weighted by atomic mass is 10.0. The smallest absolute Gasteiger partial charge is 0.341 e. The lowest BCUT2D eigenvalue weighted by molar-refractivity contribution is -0.139. The third kappa shape index (κ3) is 8.11. The Morgan fingerprint density at radius 3 is 2.44 bits per heavy atom. The van der Waals surface area contributed by atoms with E-state index < -0.39 is 40.5 Å². The third-order valence-corrected chi connectivity index (χ3v) is 7.96. The van der Waals surface area contributed by atoms with Crippen LogP contribution in [0.5, 0.6) is 11.5 Å². The van der Waals surface area contributed by atoms with Crippen LogP contribution in [0.4, 0.5) is 0 Å². The van der Waals surface area contributed by atoms with Crippen LogP contribution in [0.3, 0.4) is 0 Å². The van der Waals surface area contributed by atoms with E-state index in [1.54, 1.807) is 18.2 Å². The standard InChI is InChI=1S/C30H31N3O9S/c1-2-41-21-9-10-23-20(17-32-25(23)16-21)12-13-31-29(36)26(33-43(39,40)22-6-4-3-5-7-22)15-19-8-11-27(42-18-28(34)35)24(14-19)30(37)38/h3-11,14,16-17,26,32-33H,2,12-13,15,18H2,1H3,(H,31,36)(H,34,35)(H,37,38)/t26-/m0/s1. The molecular formula is C30H31N3O9S. The molecule has 0 fully saturated rings. The summed E-state index contributed by atoms with van der Waals surface area (Å²) in [4.78, 5) is 39.2. The van der Waals surface area contributed by atoms with Crippen LogP contribution >= 0.6 is 0 Å². The third-order valence-electron chi connectivity index (χ3n) is 6.48. The summed E-state index contributed by atoms with van der Waals surface area (Å²) in [5.41, 5.74) is 1.82. The van der Waals surface area contributed by atoms with Crippen molar-refractivity contribution in [1.82, 2.24) is 15.0 Å². The molecule has 3 aromatic carbocycles. The molecule has 226 valence electrons. The van der Waals surface area contributed by atoms with Gasteiger partial charge in [-0.2, -0.15) is 4.72 Å². The fraction of sp³-hybridized carbons (Fsp3) is 0.233. The van der Waals surface area contributed by atoms with E-state index in [0.29, 0.717) is 18.6 Å². The molecule has 1 heterocycles. The van der Waals surface area contributed by atoms with Gasteiger partial charge in [-0.1, -0.05) is 24.3 Å². The van der Waals surface area contributed by atoms with E-state index in [-0.39, 0.29) is 29.2 Å². The van der Waals surface area contributed by atoms with Gasteiger partial charge < -0.3 is 30.0 Å². The molecule has 0 aliphatic heterocycles. The number of aromatic carboxylic acids is 1. The fourth-order valence-electron chi connectivity index (χ4n) is 4.49. The lowest BCUT2D eigenvalue weighted by Gasteiger charge is -2.19. The topological polar surface area (TPSA) is 184 Å². The van der Waals surface area contributed by atoms with Crippen LogP contribution in [0.25, 0.3) is 10.9 Å². The molecule has 0 aliphatic carbocycles. The largest absolute Gasteiger partial charge is 0.494 e. The van der Waals surface area contributed by atoms with Crippen LogP contribution in [0, 0.1) is 0 Å². The molecule has 13 heteroatoms. The number of carboxylic acid groups (broad SMARTS) is 2. The Hall–Kier alpha value is -4.88. The van der Waals surface area contributed by atoms with Crippen molar-refractivity contribution >= 4 is 38.8 Å². The Morgan fingerprint density at radius 1 is 0.977 bits per heavy atom. The van der Waals surface area contributed by atoms with Crippen LogP contribution < -0.4 is 19.5 Å². The molecule has 0 spiro atoms. The maximum Gasteiger partial charge on any atom is 0.341 e. The Bertz CT molecular complexity index is 1720. The van der Waals surface area contributed by atoms with Crippen molar-refractivity contribution in [2.24, 2.45) is 0 Å². The average Bonchev–Trinajstić information content (AvgIpc) is 3.38. The number of aliphatic carboxylic acids is 1. The maximum absolute atomic E-state index is 13.4. The summed E-state index contributed by atoms with van der Waals surface area (Å²) in [5.74, 6) is -2.70. The Labute approximate surface area is 247 Å². The van der Waals surface area contributed by atoms with E-state index in [1.807, 2.05) is 31.3 Å². The summed E-state index contributed by atoms with van der Waals surface area (Å²) in [7, 11) is -4.12. The van der Waals surface area contributed by atoms with Gasteiger partial charge in [0.15, 0.2) is 6.61 Å². The summed E-state index contributed by atoms with van der Waals surface area (Å²) in [5, 5.41) is 22.2. The number of ether oxygens (including phenoxy) is 2. The zero-order chi connectivity index (χ0) is 31.0. The van der Waals surface area contributed by atoms with Crippen molar-refractivity contribution in [1.29, 1.82) is 0 Å². The number of rotatable bonds is 15. The molecule has 4 rings (SSSR count). The summed E-state index contributed by atoms with van der Waals surface area (Å²) >= 11 is 0. The Morgan fingerprint density at radius 2 is 1.74 bits per heavy atom. The highest BCUT2D eigenvalue weighted by atomic mass is 32.2. The van der Waals surface area contributed by atoms with Crippen LogP contribution in [0.2, 0.25) is 0 Å². The number of fused-ring (bicyclic) bond motifs is 1. The van der Waals surface area contributed by atoms with Gasteiger partial charge in [-0.3, -0.25) is 4.79 Å². The van der Waals surface area contributed by atoms with Gasteiger partial charge in [0.05, 0.1) is 11.5 Å². The highest BCUT2D eigenvalue weighted by Crippen LogP contribution is 2.24. The molecular weight excluding hydrogens is 578 g/mol. The van der Waals surface area contributed by atoms with Gasteiger partial charge in [-0.15, -0.1) is 0 Å². The fourth-order valence-corrected chi connectivity index (χ4v) is 5.70. The molecule has 0 unspecified atom stereocenters. The van der Waals surface area contributed by atoms with E-state index >= 15 is 0 Å². The molecule has 1 aromatic heterocycles. The van der Waals surface area contributed by atoms with Gasteiger partial charge in [-0.25, -0.2) is 18.0 Å². The van der Waals surface area contributed by atoms with E-state index in [9.17, 15) is 27.9 Å². The number of amides is 1. The first-order chi connectivity index (χ1) is 20.6. The van der Waals surface area contributed by atoms with Crippen molar-refractivity contribution in [2.45, 2.75) is 30.7 Å². The van der Waals surface area contributed by atoms with Gasteiger partial charge in [0.25, 0.3) is 0 Å². The molecule has 0 bridgehead atoms. The van der Waals surface area contributed by atoms with Crippen LogP contribution in [0.1, 0.15) is 28.4 Å². The van der Waals surface area contributed by atoms with Gasteiger partial charge in [0, 0.05) is 29.7 Å². The summed E-state index contributed by atoms with van der Waals surface area (Å²) < 4.78 is 39.3.